The van der Waals surface area contributed by atoms with Crippen LogP contribution in [0.4, 0.5) is 5.69 Å². The molecule has 0 saturated heterocycles. The number of sulfonamides is 1. The molecule has 0 heterocycles. The molecular weight excluding hydrogens is 346 g/mol. The third-order valence-corrected chi connectivity index (χ3v) is 3.95. The van der Waals surface area contributed by atoms with Crippen LogP contribution in [-0.2, 0) is 19.7 Å². The zero-order chi connectivity index (χ0) is 18.3. The summed E-state index contributed by atoms with van der Waals surface area (Å²) in [6.07, 6.45) is 1.45. The molecule has 8 nitrogen and oxygen atoms in total. The number of anilines is 1. The summed E-state index contributed by atoms with van der Waals surface area (Å²) in [4.78, 5) is 16.6. The molecule has 0 bridgehead atoms. The zero-order valence-electron chi connectivity index (χ0n) is 13.4. The van der Waals surface area contributed by atoms with Gasteiger partial charge in [-0.05, 0) is 48.0 Å². The number of nitrogens with one attached hydrogen (secondary N) is 1. The Morgan fingerprint density at radius 2 is 1.96 bits per heavy atom. The standard InChI is InChI=1S/C16H17N3O5S/c1-23-14-7-5-12(6-8-14)10-18-24-11-16(20)19-13-3-2-4-15(9-13)25(17,21)22/h2-10H,11H2,1H3,(H,19,20)(H2,17,21,22)/b18-10-. The lowest BCUT2D eigenvalue weighted by Crippen LogP contribution is -2.18. The number of amides is 1. The number of hydrogen-bond acceptors (Lipinski definition) is 6. The van der Waals surface area contributed by atoms with E-state index in [-0.39, 0.29) is 11.5 Å². The van der Waals surface area contributed by atoms with Crippen molar-refractivity contribution in [2.75, 3.05) is 19.0 Å². The number of oxime groups is 1. The highest BCUT2D eigenvalue weighted by Gasteiger charge is 2.09. The minimum atomic E-state index is -3.83. The Bertz CT molecular complexity index is 864. The van der Waals surface area contributed by atoms with Crippen molar-refractivity contribution in [1.82, 2.24) is 0 Å². The number of nitrogens with two attached hydrogens (primary N) is 1. The second-order valence-corrected chi connectivity index (χ2v) is 6.46. The van der Waals surface area contributed by atoms with Gasteiger partial charge in [-0.25, -0.2) is 13.6 Å². The lowest BCUT2D eigenvalue weighted by atomic mass is 10.2. The number of primary sulfonamides is 1. The summed E-state index contributed by atoms with van der Waals surface area (Å²) in [7, 11) is -2.26. The van der Waals surface area contributed by atoms with E-state index in [0.29, 0.717) is 5.69 Å². The average Bonchev–Trinajstić information content (AvgIpc) is 2.59. The second kappa shape index (κ2) is 8.27. The van der Waals surface area contributed by atoms with E-state index in [2.05, 4.69) is 10.5 Å². The van der Waals surface area contributed by atoms with Crippen LogP contribution in [-0.4, -0.2) is 34.3 Å². The van der Waals surface area contributed by atoms with Gasteiger partial charge >= 0.3 is 0 Å². The third kappa shape index (κ3) is 5.90. The fourth-order valence-electron chi connectivity index (χ4n) is 1.83. The minimum Gasteiger partial charge on any atom is -0.497 e. The third-order valence-electron chi connectivity index (χ3n) is 3.03. The fraction of sp³-hybridized carbons (Fsp3) is 0.125. The van der Waals surface area contributed by atoms with E-state index in [1.165, 1.54) is 30.5 Å². The van der Waals surface area contributed by atoms with E-state index in [9.17, 15) is 13.2 Å². The molecule has 0 fully saturated rings. The van der Waals surface area contributed by atoms with Crippen LogP contribution in [0, 0.1) is 0 Å². The first-order chi connectivity index (χ1) is 11.9. The molecule has 9 heteroatoms. The summed E-state index contributed by atoms with van der Waals surface area (Å²) in [5.41, 5.74) is 1.07. The molecule has 2 rings (SSSR count). The van der Waals surface area contributed by atoms with Gasteiger partial charge < -0.3 is 14.9 Å². The Morgan fingerprint density at radius 3 is 2.60 bits per heavy atom. The van der Waals surface area contributed by atoms with Gasteiger partial charge in [0.15, 0.2) is 6.61 Å². The van der Waals surface area contributed by atoms with Crippen molar-refractivity contribution in [3.63, 3.8) is 0 Å². The van der Waals surface area contributed by atoms with Crippen molar-refractivity contribution in [1.29, 1.82) is 0 Å². The van der Waals surface area contributed by atoms with Crippen LogP contribution in [0.2, 0.25) is 0 Å². The molecule has 0 aliphatic rings. The Balaban J connectivity index is 1.85. The highest BCUT2D eigenvalue weighted by atomic mass is 32.2. The van der Waals surface area contributed by atoms with Crippen LogP contribution in [0.15, 0.2) is 58.6 Å². The van der Waals surface area contributed by atoms with Crippen LogP contribution in [0.5, 0.6) is 5.75 Å². The van der Waals surface area contributed by atoms with Gasteiger partial charge in [-0.15, -0.1) is 0 Å². The first kappa shape index (κ1) is 18.4. The normalized spacial score (nSPS) is 11.3. The molecule has 0 unspecified atom stereocenters. The van der Waals surface area contributed by atoms with Crippen LogP contribution in [0.25, 0.3) is 0 Å². The number of nitrogens with zero attached hydrogens (tertiary/aromatic N) is 1. The number of methoxy groups -OCH3 is 1. The van der Waals surface area contributed by atoms with Gasteiger partial charge in [0.25, 0.3) is 5.91 Å². The quantitative estimate of drug-likeness (QED) is 0.568. The van der Waals surface area contributed by atoms with Gasteiger partial charge in [0.1, 0.15) is 5.75 Å². The van der Waals surface area contributed by atoms with Crippen molar-refractivity contribution >= 4 is 27.8 Å². The summed E-state index contributed by atoms with van der Waals surface area (Å²) in [6, 6.07) is 12.7. The summed E-state index contributed by atoms with van der Waals surface area (Å²) in [6.45, 7) is -0.327. The summed E-state index contributed by atoms with van der Waals surface area (Å²) >= 11 is 0. The van der Waals surface area contributed by atoms with E-state index >= 15 is 0 Å². The van der Waals surface area contributed by atoms with Crippen molar-refractivity contribution in [2.24, 2.45) is 10.3 Å². The van der Waals surface area contributed by atoms with Crippen molar-refractivity contribution < 1.29 is 22.8 Å². The van der Waals surface area contributed by atoms with E-state index in [1.54, 1.807) is 31.4 Å². The fourth-order valence-corrected chi connectivity index (χ4v) is 2.39. The lowest BCUT2D eigenvalue weighted by Gasteiger charge is -2.06. The van der Waals surface area contributed by atoms with Crippen molar-refractivity contribution in [3.8, 4) is 5.75 Å². The van der Waals surface area contributed by atoms with Crippen LogP contribution < -0.4 is 15.2 Å². The van der Waals surface area contributed by atoms with E-state index in [1.807, 2.05) is 0 Å². The van der Waals surface area contributed by atoms with Crippen LogP contribution in [0.1, 0.15) is 5.56 Å². The average molecular weight is 363 g/mol. The number of benzene rings is 2. The Morgan fingerprint density at radius 1 is 1.24 bits per heavy atom. The summed E-state index contributed by atoms with van der Waals surface area (Å²) in [5, 5.41) is 11.2. The maximum Gasteiger partial charge on any atom is 0.265 e. The van der Waals surface area contributed by atoms with Gasteiger partial charge in [-0.1, -0.05) is 11.2 Å². The molecule has 0 aliphatic heterocycles. The smallest absolute Gasteiger partial charge is 0.265 e. The number of rotatable bonds is 7. The minimum absolute atomic E-state index is 0.0938. The summed E-state index contributed by atoms with van der Waals surface area (Å²) in [5.74, 6) is 0.234. The predicted molar refractivity (Wildman–Crippen MR) is 93.0 cm³/mol. The van der Waals surface area contributed by atoms with Gasteiger partial charge in [0, 0.05) is 5.69 Å². The second-order valence-electron chi connectivity index (χ2n) is 4.90. The molecule has 0 atom stereocenters. The van der Waals surface area contributed by atoms with E-state index < -0.39 is 15.9 Å². The summed E-state index contributed by atoms with van der Waals surface area (Å²) < 4.78 is 27.6. The van der Waals surface area contributed by atoms with Gasteiger partial charge in [0.2, 0.25) is 10.0 Å². The SMILES string of the molecule is COc1ccc(/C=N\OCC(=O)Nc2cccc(S(N)(=O)=O)c2)cc1. The van der Waals surface area contributed by atoms with E-state index in [4.69, 9.17) is 14.7 Å². The molecule has 0 aromatic heterocycles. The first-order valence-corrected chi connectivity index (χ1v) is 8.65. The molecule has 0 saturated carbocycles. The number of ether oxygens (including phenoxy) is 1. The molecular formula is C16H17N3O5S. The maximum absolute atomic E-state index is 11.8. The van der Waals surface area contributed by atoms with Crippen molar-refractivity contribution in [2.45, 2.75) is 4.90 Å². The van der Waals surface area contributed by atoms with Gasteiger partial charge in [-0.2, -0.15) is 0 Å². The molecule has 2 aromatic rings. The molecule has 0 radical (unpaired) electrons. The largest absolute Gasteiger partial charge is 0.497 e. The predicted octanol–water partition coefficient (Wildman–Crippen LogP) is 1.33. The monoisotopic (exact) mass is 363 g/mol. The Hall–Kier alpha value is -2.91. The highest BCUT2D eigenvalue weighted by molar-refractivity contribution is 7.89. The zero-order valence-corrected chi connectivity index (χ0v) is 14.2. The van der Waals surface area contributed by atoms with Crippen LogP contribution >= 0.6 is 0 Å². The number of carbonyl (C=O) groups is 1. The molecule has 1 amide bonds. The Kier molecular flexibility index (Phi) is 6.09. The molecule has 0 aliphatic carbocycles. The topological polar surface area (TPSA) is 120 Å². The van der Waals surface area contributed by atoms with Crippen molar-refractivity contribution in [3.05, 3.63) is 54.1 Å². The van der Waals surface area contributed by atoms with Gasteiger partial charge in [-0.3, -0.25) is 4.79 Å². The first-order valence-electron chi connectivity index (χ1n) is 7.10. The lowest BCUT2D eigenvalue weighted by molar-refractivity contribution is -0.120. The molecule has 0 spiro atoms. The molecule has 2 aromatic carbocycles. The maximum atomic E-state index is 11.8. The number of carbonyl (C=O) groups excluding carboxylic acids is 1. The van der Waals surface area contributed by atoms with Crippen LogP contribution in [0.3, 0.4) is 0 Å². The van der Waals surface area contributed by atoms with E-state index in [0.717, 1.165) is 11.3 Å². The Labute approximate surface area is 145 Å². The highest BCUT2D eigenvalue weighted by Crippen LogP contribution is 2.14. The van der Waals surface area contributed by atoms with Gasteiger partial charge in [0.05, 0.1) is 18.2 Å². The molecule has 132 valence electrons. The number of hydrogen-bond donors (Lipinski definition) is 2. The molecule has 25 heavy (non-hydrogen) atoms. The molecule has 3 N–H and O–H groups in total.